The third-order valence-corrected chi connectivity index (χ3v) is 2.40. The van der Waals surface area contributed by atoms with Gasteiger partial charge in [0.15, 0.2) is 0 Å². The van der Waals surface area contributed by atoms with Crippen LogP contribution in [0.2, 0.25) is 0 Å². The summed E-state index contributed by atoms with van der Waals surface area (Å²) < 4.78 is 26.4. The van der Waals surface area contributed by atoms with Gasteiger partial charge in [0.25, 0.3) is 6.43 Å². The van der Waals surface area contributed by atoms with E-state index < -0.39 is 12.5 Å². The zero-order valence-electron chi connectivity index (χ0n) is 8.11. The molecule has 0 fully saturated rings. The summed E-state index contributed by atoms with van der Waals surface area (Å²) in [6, 6.07) is -0.711. The van der Waals surface area contributed by atoms with E-state index in [9.17, 15) is 8.78 Å². The molecule has 0 spiro atoms. The monoisotopic (exact) mass is 259 g/mol. The Morgan fingerprint density at radius 3 is 2.80 bits per heavy atom. The van der Waals surface area contributed by atoms with E-state index in [2.05, 4.69) is 10.4 Å². The number of aromatic nitrogens is 2. The van der Waals surface area contributed by atoms with Crippen molar-refractivity contribution in [3.63, 3.8) is 0 Å². The van der Waals surface area contributed by atoms with Gasteiger partial charge in [-0.3, -0.25) is 4.68 Å². The molecule has 0 aliphatic carbocycles. The summed E-state index contributed by atoms with van der Waals surface area (Å²) in [5.41, 5.74) is 1.76. The average Bonchev–Trinajstić information content (AvgIpc) is 2.47. The topological polar surface area (TPSA) is 29.9 Å². The van der Waals surface area contributed by atoms with Crippen LogP contribution < -0.4 is 5.32 Å². The molecule has 88 valence electrons. The van der Waals surface area contributed by atoms with Gasteiger partial charge in [0.05, 0.1) is 23.6 Å². The summed E-state index contributed by atoms with van der Waals surface area (Å²) in [5, 5.41) is 6.79. The summed E-state index contributed by atoms with van der Waals surface area (Å²) in [7, 11) is 1.82. The number of rotatable bonds is 1. The summed E-state index contributed by atoms with van der Waals surface area (Å²) in [6.45, 7) is 0. The lowest BCUT2D eigenvalue weighted by molar-refractivity contribution is 0.119. The van der Waals surface area contributed by atoms with Crippen LogP contribution in [0.5, 0.6) is 0 Å². The molecule has 0 saturated carbocycles. The molecule has 15 heavy (non-hydrogen) atoms. The third kappa shape index (κ3) is 2.72. The fourth-order valence-corrected chi connectivity index (χ4v) is 1.63. The Labute approximate surface area is 99.0 Å². The van der Waals surface area contributed by atoms with Gasteiger partial charge in [-0.25, -0.2) is 8.78 Å². The predicted molar refractivity (Wildman–Crippen MR) is 59.4 cm³/mol. The lowest BCUT2D eigenvalue weighted by Gasteiger charge is -2.23. The highest BCUT2D eigenvalue weighted by Gasteiger charge is 2.26. The number of fused-ring (bicyclic) bond motifs is 1. The van der Waals surface area contributed by atoms with E-state index in [-0.39, 0.29) is 24.8 Å². The molecule has 7 heteroatoms. The molecule has 0 aromatic carbocycles. The molecule has 0 saturated heterocycles. The molecule has 0 amide bonds. The van der Waals surface area contributed by atoms with E-state index >= 15 is 0 Å². The van der Waals surface area contributed by atoms with Crippen molar-refractivity contribution in [3.8, 4) is 0 Å². The molecule has 1 aromatic heterocycles. The molecule has 1 aromatic rings. The Hall–Kier alpha value is -0.550. The van der Waals surface area contributed by atoms with Crippen molar-refractivity contribution >= 4 is 30.5 Å². The molecule has 1 N–H and O–H groups in total. The Kier molecular flexibility index (Phi) is 5.31. The highest BCUT2D eigenvalue weighted by Crippen LogP contribution is 2.26. The first kappa shape index (κ1) is 14.5. The van der Waals surface area contributed by atoms with Gasteiger partial charge in [0.1, 0.15) is 0 Å². The quantitative estimate of drug-likeness (QED) is 0.839. The van der Waals surface area contributed by atoms with E-state index in [0.717, 1.165) is 11.4 Å². The standard InChI is InChI=1S/C8H11F2N3.2ClH/c1-13-7-3-2-5(8(9)10)12-6(7)4-11-13;;/h4-5,8,12H,2-3H2,1H3;2*1H. The fourth-order valence-electron chi connectivity index (χ4n) is 1.63. The van der Waals surface area contributed by atoms with Crippen molar-refractivity contribution in [1.82, 2.24) is 9.78 Å². The fraction of sp³-hybridized carbons (Fsp3) is 0.625. The minimum atomic E-state index is -2.30. The largest absolute Gasteiger partial charge is 0.374 e. The van der Waals surface area contributed by atoms with Gasteiger partial charge in [-0.15, -0.1) is 24.8 Å². The van der Waals surface area contributed by atoms with Crippen LogP contribution in [0.4, 0.5) is 14.5 Å². The van der Waals surface area contributed by atoms with Crippen LogP contribution >= 0.6 is 24.8 Å². The maximum Gasteiger partial charge on any atom is 0.258 e. The number of halogens is 4. The van der Waals surface area contributed by atoms with Crippen LogP contribution in [0.25, 0.3) is 0 Å². The second-order valence-corrected chi connectivity index (χ2v) is 3.25. The molecule has 0 bridgehead atoms. The molecule has 3 nitrogen and oxygen atoms in total. The van der Waals surface area contributed by atoms with E-state index in [4.69, 9.17) is 0 Å². The highest BCUT2D eigenvalue weighted by atomic mass is 35.5. The van der Waals surface area contributed by atoms with Gasteiger partial charge >= 0.3 is 0 Å². The lowest BCUT2D eigenvalue weighted by atomic mass is 10.0. The van der Waals surface area contributed by atoms with Crippen molar-refractivity contribution in [1.29, 1.82) is 0 Å². The van der Waals surface area contributed by atoms with Crippen molar-refractivity contribution in [2.24, 2.45) is 7.05 Å². The Bertz CT molecular complexity index is 317. The van der Waals surface area contributed by atoms with E-state index in [0.29, 0.717) is 12.8 Å². The van der Waals surface area contributed by atoms with Crippen molar-refractivity contribution in [2.45, 2.75) is 25.3 Å². The Morgan fingerprint density at radius 1 is 1.53 bits per heavy atom. The van der Waals surface area contributed by atoms with Gasteiger partial charge in [-0.1, -0.05) is 0 Å². The van der Waals surface area contributed by atoms with Crippen LogP contribution in [-0.2, 0) is 13.5 Å². The second-order valence-electron chi connectivity index (χ2n) is 3.25. The number of aryl methyl sites for hydroxylation is 1. The SMILES string of the molecule is Cl.Cl.Cn1ncc2c1CCC(C(F)F)N2. The normalized spacial score (nSPS) is 18.5. The number of nitrogens with one attached hydrogen (secondary N) is 1. The van der Waals surface area contributed by atoms with Crippen LogP contribution in [0, 0.1) is 0 Å². The van der Waals surface area contributed by atoms with E-state index in [1.807, 2.05) is 7.05 Å². The highest BCUT2D eigenvalue weighted by molar-refractivity contribution is 5.85. The number of nitrogens with zero attached hydrogens (tertiary/aromatic N) is 2. The van der Waals surface area contributed by atoms with E-state index in [1.54, 1.807) is 10.9 Å². The summed E-state index contributed by atoms with van der Waals surface area (Å²) in [5.74, 6) is 0. The van der Waals surface area contributed by atoms with Gasteiger partial charge in [-0.05, 0) is 12.8 Å². The third-order valence-electron chi connectivity index (χ3n) is 2.40. The summed E-state index contributed by atoms with van der Waals surface area (Å²) in [6.07, 6.45) is 0.454. The first-order valence-electron chi connectivity index (χ1n) is 4.24. The van der Waals surface area contributed by atoms with Crippen LogP contribution in [0.15, 0.2) is 6.20 Å². The van der Waals surface area contributed by atoms with Crippen molar-refractivity contribution < 1.29 is 8.78 Å². The zero-order valence-corrected chi connectivity index (χ0v) is 9.75. The molecule has 1 aliphatic rings. The molecule has 0 radical (unpaired) electrons. The summed E-state index contributed by atoms with van der Waals surface area (Å²) >= 11 is 0. The minimum Gasteiger partial charge on any atom is -0.374 e. The number of alkyl halides is 2. The number of hydrogen-bond acceptors (Lipinski definition) is 2. The van der Waals surface area contributed by atoms with Crippen molar-refractivity contribution in [3.05, 3.63) is 11.9 Å². The molecular formula is C8H13Cl2F2N3. The second kappa shape index (κ2) is 5.51. The molecule has 1 unspecified atom stereocenters. The molecule has 1 aliphatic heterocycles. The van der Waals surface area contributed by atoms with Gasteiger partial charge in [0.2, 0.25) is 0 Å². The Balaban J connectivity index is 0.000000980. The average molecular weight is 260 g/mol. The van der Waals surface area contributed by atoms with Crippen LogP contribution in [0.3, 0.4) is 0 Å². The first-order valence-corrected chi connectivity index (χ1v) is 4.24. The van der Waals surface area contributed by atoms with Gasteiger partial charge in [-0.2, -0.15) is 5.10 Å². The lowest BCUT2D eigenvalue weighted by Crippen LogP contribution is -2.32. The molecule has 2 rings (SSSR count). The maximum atomic E-state index is 12.3. The molecule has 1 atom stereocenters. The predicted octanol–water partition coefficient (Wildman–Crippen LogP) is 2.26. The maximum absolute atomic E-state index is 12.3. The van der Waals surface area contributed by atoms with Gasteiger partial charge < -0.3 is 5.32 Å². The smallest absolute Gasteiger partial charge is 0.258 e. The zero-order chi connectivity index (χ0) is 9.42. The Morgan fingerprint density at radius 2 is 2.20 bits per heavy atom. The first-order chi connectivity index (χ1) is 6.18. The van der Waals surface area contributed by atoms with Gasteiger partial charge in [0, 0.05) is 7.05 Å². The number of anilines is 1. The van der Waals surface area contributed by atoms with Crippen LogP contribution in [-0.4, -0.2) is 22.2 Å². The van der Waals surface area contributed by atoms with Crippen molar-refractivity contribution in [2.75, 3.05) is 5.32 Å². The summed E-state index contributed by atoms with van der Waals surface area (Å²) in [4.78, 5) is 0. The van der Waals surface area contributed by atoms with E-state index in [1.165, 1.54) is 0 Å². The number of hydrogen-bond donors (Lipinski definition) is 1. The molecular weight excluding hydrogens is 247 g/mol. The minimum absolute atomic E-state index is 0. The van der Waals surface area contributed by atoms with Crippen LogP contribution in [0.1, 0.15) is 12.1 Å². The molecule has 2 heterocycles.